The summed E-state index contributed by atoms with van der Waals surface area (Å²) in [5.74, 6) is -2.99. The maximum atomic E-state index is 11.4. The highest BCUT2D eigenvalue weighted by Crippen LogP contribution is 2.17. The Hall–Kier alpha value is -1.66. The van der Waals surface area contributed by atoms with E-state index in [9.17, 15) is 9.59 Å². The maximum absolute atomic E-state index is 11.4. The fourth-order valence-electron chi connectivity index (χ4n) is 1.49. The first-order valence-electron chi connectivity index (χ1n) is 5.85. The van der Waals surface area contributed by atoms with Crippen LogP contribution in [-0.4, -0.2) is 24.4 Å². The van der Waals surface area contributed by atoms with Crippen LogP contribution in [-0.2, 0) is 19.1 Å². The van der Waals surface area contributed by atoms with E-state index >= 15 is 0 Å². The van der Waals surface area contributed by atoms with Gasteiger partial charge in [-0.25, -0.2) is 9.59 Å². The van der Waals surface area contributed by atoms with Gasteiger partial charge in [0.25, 0.3) is 0 Å². The van der Waals surface area contributed by atoms with Crippen LogP contribution in [0.1, 0.15) is 25.7 Å². The third-order valence-electron chi connectivity index (χ3n) is 2.35. The van der Waals surface area contributed by atoms with E-state index in [0.29, 0.717) is 13.0 Å². The minimum absolute atomic E-state index is 0.242. The van der Waals surface area contributed by atoms with Gasteiger partial charge in [-0.3, -0.25) is 5.73 Å². The van der Waals surface area contributed by atoms with Crippen molar-refractivity contribution in [2.24, 2.45) is 11.5 Å². The molecule has 0 saturated heterocycles. The molecule has 0 atom stereocenters. The Kier molecular flexibility index (Phi) is 5.54. The largest absolute Gasteiger partial charge is 0.405 e. The summed E-state index contributed by atoms with van der Waals surface area (Å²) in [4.78, 5) is 22.7. The highest BCUT2D eigenvalue weighted by Gasteiger charge is 2.32. The lowest BCUT2D eigenvalue weighted by Gasteiger charge is -2.27. The molecule has 1 aliphatic rings. The quantitative estimate of drug-likeness (QED) is 0.541. The van der Waals surface area contributed by atoms with E-state index in [1.54, 1.807) is 0 Å². The lowest BCUT2D eigenvalue weighted by atomic mass is 10.1. The van der Waals surface area contributed by atoms with Crippen LogP contribution < -0.4 is 11.5 Å². The van der Waals surface area contributed by atoms with E-state index in [0.717, 1.165) is 12.8 Å². The second-order valence-electron chi connectivity index (χ2n) is 3.97. The third-order valence-corrected chi connectivity index (χ3v) is 2.35. The average molecular weight is 254 g/mol. The van der Waals surface area contributed by atoms with Crippen LogP contribution in [0, 0.1) is 0 Å². The van der Waals surface area contributed by atoms with Gasteiger partial charge in [0.1, 0.15) is 0 Å². The average Bonchev–Trinajstić information content (AvgIpc) is 2.35. The molecule has 0 bridgehead atoms. The molecular formula is C12H18N2O4. The third kappa shape index (κ3) is 5.11. The summed E-state index contributed by atoms with van der Waals surface area (Å²) in [5.41, 5.74) is 11.1. The van der Waals surface area contributed by atoms with Gasteiger partial charge in [0.2, 0.25) is 0 Å². The molecule has 6 heteroatoms. The zero-order chi connectivity index (χ0) is 13.4. The molecule has 0 aromatic carbocycles. The van der Waals surface area contributed by atoms with Crippen LogP contribution in [0.3, 0.4) is 0 Å². The number of rotatable bonds is 5. The lowest BCUT2D eigenvalue weighted by Crippen LogP contribution is -2.48. The molecule has 0 fully saturated rings. The Labute approximate surface area is 106 Å². The number of nitrogens with two attached hydrogens (primary N) is 2. The Morgan fingerprint density at radius 3 is 2.06 bits per heavy atom. The summed E-state index contributed by atoms with van der Waals surface area (Å²) in [6.07, 6.45) is 7.72. The van der Waals surface area contributed by atoms with Crippen molar-refractivity contribution >= 4 is 11.9 Å². The van der Waals surface area contributed by atoms with Crippen LogP contribution in [0.25, 0.3) is 0 Å². The molecule has 0 aromatic rings. The smallest absolute Gasteiger partial charge is 0.335 e. The van der Waals surface area contributed by atoms with Crippen molar-refractivity contribution in [3.63, 3.8) is 0 Å². The van der Waals surface area contributed by atoms with Crippen molar-refractivity contribution in [3.05, 3.63) is 24.3 Å². The molecule has 0 radical (unpaired) electrons. The number of cyclic esters (lactones) is 2. The first-order valence-corrected chi connectivity index (χ1v) is 5.85. The molecule has 0 amide bonds. The number of esters is 2. The summed E-state index contributed by atoms with van der Waals surface area (Å²) >= 11 is 0. The van der Waals surface area contributed by atoms with Crippen LogP contribution in [0.2, 0.25) is 0 Å². The zero-order valence-electron chi connectivity index (χ0n) is 10.1. The van der Waals surface area contributed by atoms with Gasteiger partial charge in [-0.2, -0.15) is 0 Å². The Bertz CT molecular complexity index is 337. The summed E-state index contributed by atoms with van der Waals surface area (Å²) in [6.45, 7) is 0.586. The number of hydrogen-bond donors (Lipinski definition) is 2. The Morgan fingerprint density at radius 1 is 1.00 bits per heavy atom. The van der Waals surface area contributed by atoms with E-state index < -0.39 is 17.8 Å². The molecule has 1 aliphatic heterocycles. The number of carbonyl (C=O) groups excluding carboxylic acids is 2. The lowest BCUT2D eigenvalue weighted by molar-refractivity contribution is -0.223. The topological polar surface area (TPSA) is 105 Å². The second-order valence-corrected chi connectivity index (χ2v) is 3.97. The molecule has 0 aliphatic carbocycles. The predicted octanol–water partition coefficient (Wildman–Crippen LogP) is 0.330. The fourth-order valence-corrected chi connectivity index (χ4v) is 1.49. The van der Waals surface area contributed by atoms with Crippen molar-refractivity contribution in [2.45, 2.75) is 31.6 Å². The molecule has 1 heterocycles. The molecule has 6 nitrogen and oxygen atoms in total. The van der Waals surface area contributed by atoms with E-state index in [4.69, 9.17) is 20.9 Å². The van der Waals surface area contributed by atoms with Crippen molar-refractivity contribution in [1.82, 2.24) is 0 Å². The van der Waals surface area contributed by atoms with Gasteiger partial charge in [0.05, 0.1) is 0 Å². The van der Waals surface area contributed by atoms with Gasteiger partial charge in [0.15, 0.2) is 0 Å². The van der Waals surface area contributed by atoms with Crippen molar-refractivity contribution in [3.8, 4) is 0 Å². The molecule has 1 rings (SSSR count). The zero-order valence-corrected chi connectivity index (χ0v) is 10.1. The summed E-state index contributed by atoms with van der Waals surface area (Å²) in [6, 6.07) is 0. The van der Waals surface area contributed by atoms with E-state index in [1.807, 2.05) is 0 Å². The van der Waals surface area contributed by atoms with Gasteiger partial charge < -0.3 is 15.2 Å². The summed E-state index contributed by atoms with van der Waals surface area (Å²) < 4.78 is 9.89. The number of carbonyl (C=O) groups is 2. The molecule has 0 aromatic heterocycles. The van der Waals surface area contributed by atoms with Crippen LogP contribution >= 0.6 is 0 Å². The minimum atomic E-state index is -1.71. The number of ether oxygens (including phenoxy) is 2. The van der Waals surface area contributed by atoms with Crippen LogP contribution in [0.5, 0.6) is 0 Å². The Balaban J connectivity index is 2.63. The maximum Gasteiger partial charge on any atom is 0.335 e. The predicted molar refractivity (Wildman–Crippen MR) is 64.9 cm³/mol. The number of allylic oxidation sites excluding steroid dienone is 2. The van der Waals surface area contributed by atoms with Gasteiger partial charge in [-0.05, 0) is 19.4 Å². The summed E-state index contributed by atoms with van der Waals surface area (Å²) in [7, 11) is 0. The van der Waals surface area contributed by atoms with Gasteiger partial charge in [-0.1, -0.05) is 18.6 Å². The molecule has 0 spiro atoms. The second kappa shape index (κ2) is 6.93. The molecule has 0 unspecified atom stereocenters. The number of hydrogen-bond acceptors (Lipinski definition) is 6. The molecule has 100 valence electrons. The van der Waals surface area contributed by atoms with E-state index in [-0.39, 0.29) is 6.42 Å². The fraction of sp³-hybridized carbons (Fsp3) is 0.500. The van der Waals surface area contributed by atoms with Crippen molar-refractivity contribution in [1.29, 1.82) is 0 Å². The highest BCUT2D eigenvalue weighted by molar-refractivity contribution is 5.86. The molecule has 0 saturated carbocycles. The summed E-state index contributed by atoms with van der Waals surface area (Å²) in [5, 5.41) is 0. The molecular weight excluding hydrogens is 236 g/mol. The standard InChI is InChI=1S/C12H18N2O4/c13-9-5-1-4-8-12(14)17-10(15)6-2-3-7-11(16)18-12/h2-3,6-7H,1,4-5,8-9,13-14H2/b6-2-,7-3-. The highest BCUT2D eigenvalue weighted by atomic mass is 16.7. The first-order chi connectivity index (χ1) is 8.56. The van der Waals surface area contributed by atoms with Crippen molar-refractivity contribution in [2.75, 3.05) is 6.54 Å². The van der Waals surface area contributed by atoms with Gasteiger partial charge in [-0.15, -0.1) is 0 Å². The first kappa shape index (κ1) is 14.4. The normalized spacial score (nSPS) is 22.1. The monoisotopic (exact) mass is 254 g/mol. The molecule has 4 N–H and O–H groups in total. The van der Waals surface area contributed by atoms with Crippen LogP contribution in [0.4, 0.5) is 0 Å². The van der Waals surface area contributed by atoms with E-state index in [2.05, 4.69) is 0 Å². The Morgan fingerprint density at radius 2 is 1.56 bits per heavy atom. The number of unbranched alkanes of at least 4 members (excludes halogenated alkanes) is 2. The van der Waals surface area contributed by atoms with Crippen LogP contribution in [0.15, 0.2) is 24.3 Å². The van der Waals surface area contributed by atoms with Crippen molar-refractivity contribution < 1.29 is 19.1 Å². The van der Waals surface area contributed by atoms with Gasteiger partial charge >= 0.3 is 17.8 Å². The van der Waals surface area contributed by atoms with E-state index in [1.165, 1.54) is 24.3 Å². The van der Waals surface area contributed by atoms with Gasteiger partial charge in [0, 0.05) is 18.6 Å². The minimum Gasteiger partial charge on any atom is -0.405 e. The molecule has 18 heavy (non-hydrogen) atoms. The SMILES string of the molecule is NCCCCCC1(N)OC(=O)/C=C\C=C/C(=O)O1.